The Morgan fingerprint density at radius 1 is 1.47 bits per heavy atom. The SMILES string of the molecule is C=CCSc1nnc(NC(=O)[C@@H](CC)N(c2cc([N+](=O)[O-])ccc2C)S(C)(=O)=O)s1. The summed E-state index contributed by atoms with van der Waals surface area (Å²) in [6, 6.07) is 2.75. The molecule has 0 spiro atoms. The number of thioether (sulfide) groups is 1. The molecule has 1 aromatic carbocycles. The molecule has 30 heavy (non-hydrogen) atoms. The lowest BCUT2D eigenvalue weighted by Crippen LogP contribution is -2.47. The van der Waals surface area contributed by atoms with Crippen LogP contribution in [0.5, 0.6) is 0 Å². The molecule has 10 nitrogen and oxygen atoms in total. The maximum Gasteiger partial charge on any atom is 0.271 e. The van der Waals surface area contributed by atoms with E-state index in [1.54, 1.807) is 19.9 Å². The quantitative estimate of drug-likeness (QED) is 0.183. The summed E-state index contributed by atoms with van der Waals surface area (Å²) < 4.78 is 26.7. The summed E-state index contributed by atoms with van der Waals surface area (Å²) in [6.45, 7) is 6.90. The van der Waals surface area contributed by atoms with Crippen molar-refractivity contribution in [1.82, 2.24) is 10.2 Å². The number of nitro benzene ring substituents is 1. The van der Waals surface area contributed by atoms with E-state index >= 15 is 0 Å². The van der Waals surface area contributed by atoms with Crippen LogP contribution >= 0.6 is 23.1 Å². The van der Waals surface area contributed by atoms with Crippen LogP contribution in [-0.4, -0.2) is 47.5 Å². The first kappa shape index (κ1) is 23.8. The molecule has 2 rings (SSSR count). The summed E-state index contributed by atoms with van der Waals surface area (Å²) >= 11 is 2.56. The van der Waals surface area contributed by atoms with Crippen molar-refractivity contribution >= 4 is 55.5 Å². The minimum Gasteiger partial charge on any atom is -0.299 e. The minimum absolute atomic E-state index is 0.0770. The summed E-state index contributed by atoms with van der Waals surface area (Å²) in [5, 5.41) is 21.8. The molecule has 1 aromatic heterocycles. The standard InChI is InChI=1S/C17H21N5O5S3/c1-5-9-28-17-20-19-16(29-17)18-15(23)13(6-2)21(30(4,26)27)14-10-12(22(24)25)8-7-11(14)3/h5,7-8,10,13H,1,6,9H2,2-4H3,(H,18,19,23)/t13-/m1/s1. The first-order valence-electron chi connectivity index (χ1n) is 8.71. The average molecular weight is 472 g/mol. The van der Waals surface area contributed by atoms with Crippen molar-refractivity contribution < 1.29 is 18.1 Å². The molecular weight excluding hydrogens is 450 g/mol. The topological polar surface area (TPSA) is 135 Å². The number of benzene rings is 1. The molecule has 162 valence electrons. The third-order valence-corrected chi connectivity index (χ3v) is 7.07. The number of aryl methyl sites for hydroxylation is 1. The van der Waals surface area contributed by atoms with Gasteiger partial charge in [-0.05, 0) is 18.9 Å². The first-order valence-corrected chi connectivity index (χ1v) is 12.4. The van der Waals surface area contributed by atoms with Crippen molar-refractivity contribution in [3.05, 3.63) is 46.5 Å². The van der Waals surface area contributed by atoms with Gasteiger partial charge in [-0.1, -0.05) is 42.2 Å². The summed E-state index contributed by atoms with van der Waals surface area (Å²) in [5.74, 6) is 0.0268. The van der Waals surface area contributed by atoms with Gasteiger partial charge in [0.2, 0.25) is 21.1 Å². The van der Waals surface area contributed by atoms with Gasteiger partial charge in [0.15, 0.2) is 4.34 Å². The normalized spacial score (nSPS) is 12.2. The summed E-state index contributed by atoms with van der Waals surface area (Å²) in [4.78, 5) is 23.5. The van der Waals surface area contributed by atoms with Gasteiger partial charge in [-0.25, -0.2) is 8.42 Å². The maximum atomic E-state index is 12.9. The Kier molecular flexibility index (Phi) is 7.92. The molecule has 2 aromatic rings. The van der Waals surface area contributed by atoms with Gasteiger partial charge in [0, 0.05) is 17.9 Å². The van der Waals surface area contributed by atoms with Crippen LogP contribution in [0.1, 0.15) is 18.9 Å². The third-order valence-electron chi connectivity index (χ3n) is 3.93. The molecule has 0 unspecified atom stereocenters. The fraction of sp³-hybridized carbons (Fsp3) is 0.353. The van der Waals surface area contributed by atoms with Crippen molar-refractivity contribution in [2.75, 3.05) is 21.6 Å². The fourth-order valence-electron chi connectivity index (χ4n) is 2.62. The van der Waals surface area contributed by atoms with Crippen molar-refractivity contribution in [3.8, 4) is 0 Å². The Labute approximate surface area is 182 Å². The van der Waals surface area contributed by atoms with Gasteiger partial charge in [0.25, 0.3) is 5.69 Å². The van der Waals surface area contributed by atoms with Crippen molar-refractivity contribution in [1.29, 1.82) is 0 Å². The lowest BCUT2D eigenvalue weighted by molar-refractivity contribution is -0.384. The number of carbonyl (C=O) groups is 1. The average Bonchev–Trinajstić information content (AvgIpc) is 3.11. The number of aromatic nitrogens is 2. The maximum absolute atomic E-state index is 12.9. The summed E-state index contributed by atoms with van der Waals surface area (Å²) in [6.07, 6.45) is 2.80. The van der Waals surface area contributed by atoms with Gasteiger partial charge in [-0.15, -0.1) is 16.8 Å². The van der Waals surface area contributed by atoms with Gasteiger partial charge in [0.1, 0.15) is 6.04 Å². The Balaban J connectivity index is 2.39. The number of carbonyl (C=O) groups excluding carboxylic acids is 1. The molecule has 1 heterocycles. The number of rotatable bonds is 10. The van der Waals surface area contributed by atoms with E-state index in [2.05, 4.69) is 22.1 Å². The number of anilines is 2. The Morgan fingerprint density at radius 2 is 2.17 bits per heavy atom. The Morgan fingerprint density at radius 3 is 2.73 bits per heavy atom. The van der Waals surface area contributed by atoms with Gasteiger partial charge >= 0.3 is 0 Å². The molecule has 13 heteroatoms. The zero-order chi connectivity index (χ0) is 22.5. The number of sulfonamides is 1. The van der Waals surface area contributed by atoms with E-state index in [-0.39, 0.29) is 22.9 Å². The van der Waals surface area contributed by atoms with E-state index in [0.717, 1.165) is 28.0 Å². The van der Waals surface area contributed by atoms with Crippen LogP contribution in [-0.2, 0) is 14.8 Å². The monoisotopic (exact) mass is 471 g/mol. The fourth-order valence-corrected chi connectivity index (χ4v) is 5.40. The molecule has 0 fully saturated rings. The van der Waals surface area contributed by atoms with Crippen LogP contribution in [0.4, 0.5) is 16.5 Å². The van der Waals surface area contributed by atoms with Gasteiger partial charge in [-0.3, -0.25) is 24.5 Å². The lowest BCUT2D eigenvalue weighted by Gasteiger charge is -2.30. The zero-order valence-corrected chi connectivity index (χ0v) is 19.0. The second-order valence-corrected chi connectivity index (χ2v) is 10.3. The Hall–Kier alpha value is -2.51. The van der Waals surface area contributed by atoms with Gasteiger partial charge < -0.3 is 0 Å². The Bertz CT molecular complexity index is 1050. The molecule has 0 saturated carbocycles. The van der Waals surface area contributed by atoms with Crippen LogP contribution in [0, 0.1) is 17.0 Å². The van der Waals surface area contributed by atoms with E-state index in [9.17, 15) is 23.3 Å². The zero-order valence-electron chi connectivity index (χ0n) is 16.6. The van der Waals surface area contributed by atoms with E-state index in [0.29, 0.717) is 15.7 Å². The van der Waals surface area contributed by atoms with E-state index < -0.39 is 26.9 Å². The predicted molar refractivity (Wildman–Crippen MR) is 119 cm³/mol. The van der Waals surface area contributed by atoms with E-state index in [1.807, 2.05) is 0 Å². The van der Waals surface area contributed by atoms with Gasteiger partial charge in [0.05, 0.1) is 16.9 Å². The first-order chi connectivity index (χ1) is 14.1. The highest BCUT2D eigenvalue weighted by atomic mass is 32.2. The predicted octanol–water partition coefficient (Wildman–Crippen LogP) is 3.22. The number of amides is 1. The molecule has 0 bridgehead atoms. The van der Waals surface area contributed by atoms with Gasteiger partial charge in [-0.2, -0.15) is 0 Å². The molecule has 1 atom stereocenters. The summed E-state index contributed by atoms with van der Waals surface area (Å²) in [7, 11) is -3.94. The number of hydrogen-bond acceptors (Lipinski definition) is 9. The minimum atomic E-state index is -3.94. The third kappa shape index (κ3) is 5.77. The number of nitro groups is 1. The van der Waals surface area contributed by atoms with Crippen LogP contribution < -0.4 is 9.62 Å². The van der Waals surface area contributed by atoms with E-state index in [4.69, 9.17) is 0 Å². The second-order valence-electron chi connectivity index (χ2n) is 6.17. The number of non-ortho nitro benzene ring substituents is 1. The molecule has 0 radical (unpaired) electrons. The molecular formula is C17H21N5O5S3. The molecule has 1 amide bonds. The number of nitrogens with one attached hydrogen (secondary N) is 1. The highest BCUT2D eigenvalue weighted by Crippen LogP contribution is 2.31. The molecule has 1 N–H and O–H groups in total. The lowest BCUT2D eigenvalue weighted by atomic mass is 10.1. The number of nitrogens with zero attached hydrogens (tertiary/aromatic N) is 4. The highest BCUT2D eigenvalue weighted by molar-refractivity contribution is 8.01. The molecule has 0 aliphatic carbocycles. The van der Waals surface area contributed by atoms with Crippen LogP contribution in [0.15, 0.2) is 35.2 Å². The largest absolute Gasteiger partial charge is 0.299 e. The van der Waals surface area contributed by atoms with Crippen molar-refractivity contribution in [2.45, 2.75) is 30.6 Å². The number of hydrogen-bond donors (Lipinski definition) is 1. The van der Waals surface area contributed by atoms with Crippen molar-refractivity contribution in [2.24, 2.45) is 0 Å². The smallest absolute Gasteiger partial charge is 0.271 e. The molecule has 0 saturated heterocycles. The molecule has 0 aliphatic heterocycles. The highest BCUT2D eigenvalue weighted by Gasteiger charge is 2.33. The summed E-state index contributed by atoms with van der Waals surface area (Å²) in [5.41, 5.74) is 0.289. The van der Waals surface area contributed by atoms with Crippen LogP contribution in [0.2, 0.25) is 0 Å². The van der Waals surface area contributed by atoms with Crippen molar-refractivity contribution in [3.63, 3.8) is 0 Å². The second kappa shape index (κ2) is 10.00. The van der Waals surface area contributed by atoms with Crippen LogP contribution in [0.3, 0.4) is 0 Å². The van der Waals surface area contributed by atoms with Crippen LogP contribution in [0.25, 0.3) is 0 Å². The molecule has 0 aliphatic rings. The van der Waals surface area contributed by atoms with E-state index in [1.165, 1.54) is 23.9 Å².